The van der Waals surface area contributed by atoms with Gasteiger partial charge in [-0.3, -0.25) is 0 Å². The van der Waals surface area contributed by atoms with E-state index in [9.17, 15) is 0 Å². The molecule has 0 saturated carbocycles. The minimum absolute atomic E-state index is 1.13. The first-order valence-corrected chi connectivity index (χ1v) is 22.2. The second kappa shape index (κ2) is 13.9. The van der Waals surface area contributed by atoms with Crippen LogP contribution in [-0.4, -0.2) is 0 Å². The van der Waals surface area contributed by atoms with Crippen molar-refractivity contribution >= 4 is 124 Å². The molecule has 0 aliphatic rings. The van der Waals surface area contributed by atoms with E-state index in [2.05, 4.69) is 229 Å². The lowest BCUT2D eigenvalue weighted by Crippen LogP contribution is -2.11. The van der Waals surface area contributed by atoms with Crippen molar-refractivity contribution < 1.29 is 0 Å². The van der Waals surface area contributed by atoms with Gasteiger partial charge in [0.25, 0.3) is 0 Å². The molecule has 2 heteroatoms. The van der Waals surface area contributed by atoms with Crippen molar-refractivity contribution in [2.24, 2.45) is 0 Å². The largest absolute Gasteiger partial charge is 0.309 e. The highest BCUT2D eigenvalue weighted by atomic mass is 32.1. The van der Waals surface area contributed by atoms with Gasteiger partial charge in [0, 0.05) is 36.6 Å². The second-order valence-corrected chi connectivity index (χ2v) is 17.4. The molecule has 0 N–H and O–H groups in total. The van der Waals surface area contributed by atoms with Gasteiger partial charge in [0.05, 0.1) is 11.4 Å². The van der Waals surface area contributed by atoms with Crippen LogP contribution in [0, 0.1) is 0 Å². The standard InChI is InChI=1S/C60H37NS/c1-2-14-38(15-3-1)41-30-32-46-50-25-11-19-40-18-10-24-49(59(40)50)44-21-6-7-22-45(44)52-34-35-56(53-27-13-26-51(60(52)53)54(46)36-41)61(55-28-12-17-39-16-4-5-20-43(39)55)42-31-33-48-47-23-8-9-29-57(47)62-58(48)37-42/h1-37H. The van der Waals surface area contributed by atoms with E-state index in [0.29, 0.717) is 0 Å². The molecule has 12 aromatic carbocycles. The number of thiophene rings is 1. The lowest BCUT2D eigenvalue weighted by atomic mass is 9.90. The number of fused-ring (bicyclic) bond motifs is 10. The zero-order valence-corrected chi connectivity index (χ0v) is 34.5. The summed E-state index contributed by atoms with van der Waals surface area (Å²) in [6.07, 6.45) is 0. The Morgan fingerprint density at radius 1 is 0.258 bits per heavy atom. The van der Waals surface area contributed by atoms with E-state index in [4.69, 9.17) is 0 Å². The summed E-state index contributed by atoms with van der Waals surface area (Å²) in [5.74, 6) is 0. The Balaban J connectivity index is 1.23. The summed E-state index contributed by atoms with van der Waals surface area (Å²) in [5.41, 5.74) is 5.83. The maximum Gasteiger partial charge on any atom is 0.0540 e. The van der Waals surface area contributed by atoms with E-state index in [1.54, 1.807) is 0 Å². The fourth-order valence-corrected chi connectivity index (χ4v) is 11.4. The van der Waals surface area contributed by atoms with Crippen LogP contribution in [0.5, 0.6) is 0 Å². The molecule has 0 amide bonds. The third kappa shape index (κ3) is 5.34. The van der Waals surface area contributed by atoms with Crippen LogP contribution >= 0.6 is 11.3 Å². The van der Waals surface area contributed by atoms with Gasteiger partial charge in [0.2, 0.25) is 0 Å². The van der Waals surface area contributed by atoms with Crippen molar-refractivity contribution in [1.82, 2.24) is 0 Å². The van der Waals surface area contributed by atoms with Gasteiger partial charge in [-0.1, -0.05) is 188 Å². The van der Waals surface area contributed by atoms with Gasteiger partial charge in [-0.05, 0) is 112 Å². The molecule has 1 aromatic heterocycles. The topological polar surface area (TPSA) is 3.24 Å². The van der Waals surface area contributed by atoms with E-state index in [-0.39, 0.29) is 0 Å². The zero-order chi connectivity index (χ0) is 40.7. The highest BCUT2D eigenvalue weighted by Gasteiger charge is 2.21. The Labute approximate surface area is 362 Å². The Morgan fingerprint density at radius 2 is 0.774 bits per heavy atom. The fraction of sp³-hybridized carbons (Fsp3) is 0. The van der Waals surface area contributed by atoms with Crippen molar-refractivity contribution in [3.8, 4) is 11.1 Å². The first-order chi connectivity index (χ1) is 30.8. The molecule has 0 fully saturated rings. The van der Waals surface area contributed by atoms with E-state index in [1.807, 2.05) is 11.3 Å². The monoisotopic (exact) mass is 803 g/mol. The Kier molecular flexibility index (Phi) is 7.85. The molecule has 1 heterocycles. The summed E-state index contributed by atoms with van der Waals surface area (Å²) in [4.78, 5) is 2.51. The molecule has 62 heavy (non-hydrogen) atoms. The molecule has 13 rings (SSSR count). The van der Waals surface area contributed by atoms with Crippen LogP contribution in [0.2, 0.25) is 0 Å². The van der Waals surface area contributed by atoms with Crippen LogP contribution in [0.15, 0.2) is 224 Å². The summed E-state index contributed by atoms with van der Waals surface area (Å²) in [5, 5.41) is 19.8. The quantitative estimate of drug-likeness (QED) is 0.171. The van der Waals surface area contributed by atoms with Crippen LogP contribution in [0.1, 0.15) is 0 Å². The highest BCUT2D eigenvalue weighted by Crippen LogP contribution is 2.48. The van der Waals surface area contributed by atoms with E-state index in [0.717, 1.165) is 17.1 Å². The third-order valence-electron chi connectivity index (χ3n) is 13.0. The normalized spacial score (nSPS) is 11.9. The van der Waals surface area contributed by atoms with Gasteiger partial charge in [-0.2, -0.15) is 0 Å². The summed E-state index contributed by atoms with van der Waals surface area (Å²) in [7, 11) is 0. The first kappa shape index (κ1) is 35.0. The molecule has 0 saturated heterocycles. The maximum absolute atomic E-state index is 2.51. The van der Waals surface area contributed by atoms with Gasteiger partial charge in [-0.15, -0.1) is 11.3 Å². The van der Waals surface area contributed by atoms with Gasteiger partial charge in [-0.25, -0.2) is 0 Å². The number of benzene rings is 11. The summed E-state index contributed by atoms with van der Waals surface area (Å²) >= 11 is 1.87. The van der Waals surface area contributed by atoms with Crippen molar-refractivity contribution in [2.75, 3.05) is 4.90 Å². The number of hydrogen-bond acceptors (Lipinski definition) is 2. The van der Waals surface area contributed by atoms with Gasteiger partial charge >= 0.3 is 0 Å². The van der Waals surface area contributed by atoms with Gasteiger partial charge < -0.3 is 4.90 Å². The van der Waals surface area contributed by atoms with E-state index in [1.165, 1.54) is 107 Å². The molecule has 0 aliphatic heterocycles. The molecule has 1 nitrogen and oxygen atoms in total. The third-order valence-corrected chi connectivity index (χ3v) is 14.1. The van der Waals surface area contributed by atoms with Crippen molar-refractivity contribution in [2.45, 2.75) is 0 Å². The smallest absolute Gasteiger partial charge is 0.0540 e. The minimum atomic E-state index is 1.13. The minimum Gasteiger partial charge on any atom is -0.309 e. The summed E-state index contributed by atoms with van der Waals surface area (Å²) in [6, 6.07) is 83.5. The van der Waals surface area contributed by atoms with Crippen LogP contribution in [0.4, 0.5) is 17.1 Å². The molecular weight excluding hydrogens is 767 g/mol. The van der Waals surface area contributed by atoms with Crippen molar-refractivity contribution in [1.29, 1.82) is 0 Å². The highest BCUT2D eigenvalue weighted by molar-refractivity contribution is 7.25. The molecule has 0 bridgehead atoms. The van der Waals surface area contributed by atoms with E-state index >= 15 is 0 Å². The lowest BCUT2D eigenvalue weighted by molar-refractivity contribution is 1.32. The Bertz CT molecular complexity index is 3980. The van der Waals surface area contributed by atoms with Crippen molar-refractivity contribution in [3.05, 3.63) is 224 Å². The average molecular weight is 804 g/mol. The predicted molar refractivity (Wildman–Crippen MR) is 271 cm³/mol. The second-order valence-electron chi connectivity index (χ2n) is 16.4. The molecular formula is C60H37NS. The number of nitrogens with zero attached hydrogens (tertiary/aromatic N) is 1. The van der Waals surface area contributed by atoms with Gasteiger partial charge in [0.1, 0.15) is 0 Å². The molecule has 0 unspecified atom stereocenters. The Morgan fingerprint density at radius 3 is 1.58 bits per heavy atom. The molecule has 288 valence electrons. The van der Waals surface area contributed by atoms with Crippen LogP contribution in [0.3, 0.4) is 0 Å². The SMILES string of the molecule is c1ccc(-c2ccc3c(c2)c2cccc4c(N(c5ccc6c(c5)sc5ccccc56)c5cccc6ccccc56)ccc(c5ccccc5c5cccc6cccc3c65)c42)cc1. The lowest BCUT2D eigenvalue weighted by Gasteiger charge is -2.29. The van der Waals surface area contributed by atoms with Crippen molar-refractivity contribution in [3.63, 3.8) is 0 Å². The predicted octanol–water partition coefficient (Wildman–Crippen LogP) is 17.8. The number of anilines is 3. The van der Waals surface area contributed by atoms with Crippen LogP contribution in [-0.2, 0) is 0 Å². The molecule has 0 aliphatic carbocycles. The molecule has 0 radical (unpaired) electrons. The maximum atomic E-state index is 2.51. The number of hydrogen-bond donors (Lipinski definition) is 0. The first-order valence-electron chi connectivity index (χ1n) is 21.3. The number of rotatable bonds is 4. The molecule has 0 spiro atoms. The summed E-state index contributed by atoms with van der Waals surface area (Å²) < 4.78 is 2.59. The average Bonchev–Trinajstić information content (AvgIpc) is 3.72. The Hall–Kier alpha value is -7.78. The van der Waals surface area contributed by atoms with Crippen LogP contribution in [0.25, 0.3) is 107 Å². The molecule has 13 aromatic rings. The molecule has 0 atom stereocenters. The zero-order valence-electron chi connectivity index (χ0n) is 33.7. The van der Waals surface area contributed by atoms with Gasteiger partial charge in [0.15, 0.2) is 0 Å². The summed E-state index contributed by atoms with van der Waals surface area (Å²) in [6.45, 7) is 0. The van der Waals surface area contributed by atoms with Crippen LogP contribution < -0.4 is 4.90 Å². The van der Waals surface area contributed by atoms with E-state index < -0.39 is 0 Å². The fourth-order valence-electron chi connectivity index (χ4n) is 10.3.